The maximum Gasteiger partial charge on any atom is 0.326 e. The highest BCUT2D eigenvalue weighted by molar-refractivity contribution is 5.82. The molecule has 6 heteroatoms. The molecule has 2 atom stereocenters. The second kappa shape index (κ2) is 9.38. The molecule has 2 unspecified atom stereocenters. The number of likely N-dealkylation sites (N-methyl/N-ethyl adjacent to an activating group) is 1. The quantitative estimate of drug-likeness (QED) is 0.547. The minimum absolute atomic E-state index is 0.0434. The van der Waals surface area contributed by atoms with Gasteiger partial charge in [0.1, 0.15) is 6.04 Å². The number of carboxylic acids is 1. The van der Waals surface area contributed by atoms with Crippen LogP contribution in [0.15, 0.2) is 12.7 Å². The molecule has 0 aliphatic carbocycles. The van der Waals surface area contributed by atoms with Crippen molar-refractivity contribution in [3.05, 3.63) is 12.7 Å². The van der Waals surface area contributed by atoms with Crippen LogP contribution in [0.25, 0.3) is 0 Å². The zero-order chi connectivity index (χ0) is 14.8. The molecule has 0 radical (unpaired) electrons. The molecule has 19 heavy (non-hydrogen) atoms. The van der Waals surface area contributed by atoms with E-state index in [1.165, 1.54) is 6.08 Å². The number of nitrogens with one attached hydrogen (secondary N) is 2. The van der Waals surface area contributed by atoms with Crippen molar-refractivity contribution in [1.29, 1.82) is 0 Å². The number of carboxylic acid groups (broad SMARTS) is 1. The summed E-state index contributed by atoms with van der Waals surface area (Å²) in [6, 6.07) is -1.44. The van der Waals surface area contributed by atoms with Crippen LogP contribution in [0.2, 0.25) is 0 Å². The highest BCUT2D eigenvalue weighted by atomic mass is 16.4. The third-order valence-electron chi connectivity index (χ3n) is 2.81. The van der Waals surface area contributed by atoms with E-state index < -0.39 is 18.0 Å². The summed E-state index contributed by atoms with van der Waals surface area (Å²) >= 11 is 0. The van der Waals surface area contributed by atoms with Crippen molar-refractivity contribution in [3.63, 3.8) is 0 Å². The van der Waals surface area contributed by atoms with Crippen molar-refractivity contribution >= 4 is 12.0 Å². The second-order valence-electron chi connectivity index (χ2n) is 4.42. The van der Waals surface area contributed by atoms with Gasteiger partial charge in [-0.25, -0.2) is 9.59 Å². The molecular weight excluding hydrogens is 246 g/mol. The zero-order valence-electron chi connectivity index (χ0n) is 12.0. The lowest BCUT2D eigenvalue weighted by atomic mass is 10.2. The van der Waals surface area contributed by atoms with E-state index >= 15 is 0 Å². The van der Waals surface area contributed by atoms with Gasteiger partial charge in [0.15, 0.2) is 0 Å². The number of hydrogen-bond acceptors (Lipinski definition) is 3. The van der Waals surface area contributed by atoms with Gasteiger partial charge in [-0.2, -0.15) is 0 Å². The Morgan fingerprint density at radius 1 is 1.32 bits per heavy atom. The smallest absolute Gasteiger partial charge is 0.326 e. The van der Waals surface area contributed by atoms with Gasteiger partial charge in [-0.05, 0) is 26.4 Å². The van der Waals surface area contributed by atoms with Crippen molar-refractivity contribution < 1.29 is 14.7 Å². The van der Waals surface area contributed by atoms with Crippen molar-refractivity contribution in [2.75, 3.05) is 19.6 Å². The van der Waals surface area contributed by atoms with Crippen LogP contribution in [0.5, 0.6) is 0 Å². The van der Waals surface area contributed by atoms with Gasteiger partial charge in [-0.3, -0.25) is 0 Å². The normalized spacial score (nSPS) is 13.7. The maximum atomic E-state index is 11.7. The van der Waals surface area contributed by atoms with Crippen LogP contribution >= 0.6 is 0 Å². The van der Waals surface area contributed by atoms with Gasteiger partial charge in [0, 0.05) is 12.6 Å². The largest absolute Gasteiger partial charge is 0.480 e. The molecule has 0 aliphatic rings. The third kappa shape index (κ3) is 7.46. The number of aliphatic carboxylic acids is 1. The summed E-state index contributed by atoms with van der Waals surface area (Å²) in [5, 5.41) is 14.1. The molecule has 0 rings (SSSR count). The molecule has 0 aromatic carbocycles. The van der Waals surface area contributed by atoms with Gasteiger partial charge in [-0.1, -0.05) is 19.9 Å². The molecule has 0 aromatic rings. The summed E-state index contributed by atoms with van der Waals surface area (Å²) in [7, 11) is 0. The molecule has 0 aliphatic heterocycles. The average molecular weight is 271 g/mol. The van der Waals surface area contributed by atoms with Crippen LogP contribution in [0, 0.1) is 0 Å². The molecule has 6 nitrogen and oxygen atoms in total. The average Bonchev–Trinajstić information content (AvgIpc) is 2.35. The van der Waals surface area contributed by atoms with E-state index in [9.17, 15) is 9.59 Å². The first-order chi connectivity index (χ1) is 8.94. The first-order valence-electron chi connectivity index (χ1n) is 6.57. The van der Waals surface area contributed by atoms with Crippen LogP contribution in [-0.4, -0.2) is 53.7 Å². The van der Waals surface area contributed by atoms with Crippen LogP contribution in [-0.2, 0) is 4.79 Å². The number of urea groups is 1. The number of rotatable bonds is 9. The molecule has 110 valence electrons. The molecule has 2 amide bonds. The standard InChI is InChI=1S/C13H25N3O3/c1-5-8-11(12(17)18)15-13(19)14-10(4)9-16(6-2)7-3/h5,10-11H,1,6-9H2,2-4H3,(H,17,18)(H2,14,15,19). The van der Waals surface area contributed by atoms with Crippen LogP contribution < -0.4 is 10.6 Å². The van der Waals surface area contributed by atoms with Crippen molar-refractivity contribution in [2.24, 2.45) is 0 Å². The molecule has 0 fully saturated rings. The Hall–Kier alpha value is -1.56. The molecular formula is C13H25N3O3. The summed E-state index contributed by atoms with van der Waals surface area (Å²) < 4.78 is 0. The lowest BCUT2D eigenvalue weighted by molar-refractivity contribution is -0.139. The SMILES string of the molecule is C=CCC(NC(=O)NC(C)CN(CC)CC)C(=O)O. The number of amides is 2. The van der Waals surface area contributed by atoms with Crippen molar-refractivity contribution in [2.45, 2.75) is 39.3 Å². The predicted molar refractivity (Wildman–Crippen MR) is 75.2 cm³/mol. The van der Waals surface area contributed by atoms with Gasteiger partial charge in [-0.15, -0.1) is 6.58 Å². The number of hydrogen-bond donors (Lipinski definition) is 3. The maximum absolute atomic E-state index is 11.7. The van der Waals surface area contributed by atoms with Crippen LogP contribution in [0.1, 0.15) is 27.2 Å². The summed E-state index contributed by atoms with van der Waals surface area (Å²) in [4.78, 5) is 24.7. The highest BCUT2D eigenvalue weighted by Crippen LogP contribution is 1.95. The Balaban J connectivity index is 4.21. The number of carbonyl (C=O) groups is 2. The third-order valence-corrected chi connectivity index (χ3v) is 2.81. The fourth-order valence-electron chi connectivity index (χ4n) is 1.73. The van der Waals surface area contributed by atoms with E-state index in [-0.39, 0.29) is 12.5 Å². The number of carbonyl (C=O) groups excluding carboxylic acids is 1. The minimum Gasteiger partial charge on any atom is -0.480 e. The Labute approximate surface area is 114 Å². The van der Waals surface area contributed by atoms with Gasteiger partial charge in [0.25, 0.3) is 0 Å². The Bertz CT molecular complexity index is 304. The van der Waals surface area contributed by atoms with E-state index in [1.54, 1.807) is 0 Å². The Morgan fingerprint density at radius 3 is 2.32 bits per heavy atom. The lowest BCUT2D eigenvalue weighted by Gasteiger charge is -2.24. The first kappa shape index (κ1) is 17.4. The summed E-state index contributed by atoms with van der Waals surface area (Å²) in [5.74, 6) is -1.06. The van der Waals surface area contributed by atoms with E-state index in [4.69, 9.17) is 5.11 Å². The number of nitrogens with zero attached hydrogens (tertiary/aromatic N) is 1. The van der Waals surface area contributed by atoms with Gasteiger partial charge in [0.05, 0.1) is 0 Å². The van der Waals surface area contributed by atoms with E-state index in [2.05, 4.69) is 36.0 Å². The van der Waals surface area contributed by atoms with E-state index in [0.717, 1.165) is 19.6 Å². The molecule has 0 saturated carbocycles. The molecule has 0 heterocycles. The molecule has 0 spiro atoms. The van der Waals surface area contributed by atoms with Gasteiger partial charge >= 0.3 is 12.0 Å². The fourth-order valence-corrected chi connectivity index (χ4v) is 1.73. The first-order valence-corrected chi connectivity index (χ1v) is 6.57. The minimum atomic E-state index is -1.06. The van der Waals surface area contributed by atoms with Gasteiger partial charge in [0.2, 0.25) is 0 Å². The summed E-state index contributed by atoms with van der Waals surface area (Å²) in [6.07, 6.45) is 1.67. The van der Waals surface area contributed by atoms with Gasteiger partial charge < -0.3 is 20.6 Å². The Morgan fingerprint density at radius 2 is 1.89 bits per heavy atom. The second-order valence-corrected chi connectivity index (χ2v) is 4.42. The van der Waals surface area contributed by atoms with E-state index in [0.29, 0.717) is 0 Å². The molecule has 0 aromatic heterocycles. The Kier molecular flexibility index (Phi) is 8.61. The van der Waals surface area contributed by atoms with E-state index in [1.807, 2.05) is 6.92 Å². The fraction of sp³-hybridized carbons (Fsp3) is 0.692. The van der Waals surface area contributed by atoms with Crippen molar-refractivity contribution in [1.82, 2.24) is 15.5 Å². The summed E-state index contributed by atoms with van der Waals surface area (Å²) in [5.41, 5.74) is 0. The van der Waals surface area contributed by atoms with Crippen LogP contribution in [0.3, 0.4) is 0 Å². The monoisotopic (exact) mass is 271 g/mol. The highest BCUT2D eigenvalue weighted by Gasteiger charge is 2.19. The zero-order valence-corrected chi connectivity index (χ0v) is 12.0. The topological polar surface area (TPSA) is 81.7 Å². The molecule has 0 saturated heterocycles. The summed E-state index contributed by atoms with van der Waals surface area (Å²) in [6.45, 7) is 12.0. The lowest BCUT2D eigenvalue weighted by Crippen LogP contribution is -2.50. The molecule has 3 N–H and O–H groups in total. The van der Waals surface area contributed by atoms with Crippen LogP contribution in [0.4, 0.5) is 4.79 Å². The predicted octanol–water partition coefficient (Wildman–Crippen LogP) is 1.05. The van der Waals surface area contributed by atoms with Crippen molar-refractivity contribution in [3.8, 4) is 0 Å². The molecule has 0 bridgehead atoms.